The number of benzene rings is 1. The lowest BCUT2D eigenvalue weighted by Crippen LogP contribution is -2.44. The van der Waals surface area contributed by atoms with Crippen LogP contribution in [-0.4, -0.2) is 16.9 Å². The summed E-state index contributed by atoms with van der Waals surface area (Å²) in [5, 5.41) is 3.10. The normalized spacial score (nSPS) is 9.95. The smallest absolute Gasteiger partial charge is 0.304 e. The lowest BCUT2D eigenvalue weighted by atomic mass is 10.3. The number of pyridine rings is 1. The first-order chi connectivity index (χ1) is 10.5. The molecule has 6 nitrogen and oxygen atoms in total. The van der Waals surface area contributed by atoms with Crippen molar-refractivity contribution in [2.24, 2.45) is 0 Å². The highest BCUT2D eigenvalue weighted by Crippen LogP contribution is 2.33. The predicted octanol–water partition coefficient (Wildman–Crippen LogP) is 3.51. The molecule has 0 fully saturated rings. The summed E-state index contributed by atoms with van der Waals surface area (Å²) in [7, 11) is 0. The van der Waals surface area contributed by atoms with E-state index in [1.807, 2.05) is 0 Å². The summed E-state index contributed by atoms with van der Waals surface area (Å²) in [6.45, 7) is 0. The summed E-state index contributed by atoms with van der Waals surface area (Å²) in [5.41, 5.74) is 4.94. The molecule has 0 saturated heterocycles. The second-order valence-corrected chi connectivity index (χ2v) is 5.26. The molecule has 0 bridgehead atoms. The fourth-order valence-corrected chi connectivity index (χ4v) is 2.41. The maximum Gasteiger partial charge on any atom is 0.338 e. The number of hydrogen-bond acceptors (Lipinski definition) is 3. The quantitative estimate of drug-likeness (QED) is 0.718. The van der Waals surface area contributed by atoms with Crippen LogP contribution in [0.25, 0.3) is 0 Å². The monoisotopic (exact) mass is 358 g/mol. The number of hydrazine groups is 1. The topological polar surface area (TPSA) is 83.1 Å². The molecule has 1 aromatic carbocycles. The SMILES string of the molecule is O=C(NNC(=O)c1ccncc1)Nc1c(Cl)cc(Cl)cc1Cl. The molecule has 0 aliphatic rings. The van der Waals surface area contributed by atoms with E-state index in [9.17, 15) is 9.59 Å². The fourth-order valence-electron chi connectivity index (χ4n) is 1.50. The van der Waals surface area contributed by atoms with E-state index in [1.165, 1.54) is 36.7 Å². The predicted molar refractivity (Wildman–Crippen MR) is 85.3 cm³/mol. The van der Waals surface area contributed by atoms with E-state index in [-0.39, 0.29) is 15.7 Å². The van der Waals surface area contributed by atoms with Gasteiger partial charge in [0.2, 0.25) is 0 Å². The van der Waals surface area contributed by atoms with E-state index in [0.29, 0.717) is 10.6 Å². The number of anilines is 1. The van der Waals surface area contributed by atoms with Crippen molar-refractivity contribution in [3.8, 4) is 0 Å². The average molecular weight is 360 g/mol. The Kier molecular flexibility index (Phi) is 5.43. The summed E-state index contributed by atoms with van der Waals surface area (Å²) in [5.74, 6) is -0.495. The van der Waals surface area contributed by atoms with Gasteiger partial charge in [-0.25, -0.2) is 10.2 Å². The zero-order valence-electron chi connectivity index (χ0n) is 10.9. The number of carbonyl (C=O) groups excluding carboxylic acids is 2. The lowest BCUT2D eigenvalue weighted by molar-refractivity contribution is 0.0938. The van der Waals surface area contributed by atoms with Gasteiger partial charge < -0.3 is 5.32 Å². The van der Waals surface area contributed by atoms with Crippen molar-refractivity contribution in [2.75, 3.05) is 5.32 Å². The third kappa shape index (κ3) is 4.24. The first-order valence-electron chi connectivity index (χ1n) is 5.89. The van der Waals surface area contributed by atoms with Gasteiger partial charge in [-0.05, 0) is 24.3 Å². The van der Waals surface area contributed by atoms with Crippen LogP contribution in [0, 0.1) is 0 Å². The van der Waals surface area contributed by atoms with Crippen molar-refractivity contribution >= 4 is 52.4 Å². The zero-order valence-corrected chi connectivity index (χ0v) is 13.1. The standard InChI is InChI=1S/C13H9Cl3N4O2/c14-8-5-9(15)11(10(16)6-8)18-13(22)20-19-12(21)7-1-3-17-4-2-7/h1-6H,(H,19,21)(H2,18,20,22). The van der Waals surface area contributed by atoms with Crippen molar-refractivity contribution in [3.05, 3.63) is 57.3 Å². The number of aromatic nitrogens is 1. The van der Waals surface area contributed by atoms with Gasteiger partial charge in [-0.1, -0.05) is 34.8 Å². The molecule has 0 radical (unpaired) electrons. The van der Waals surface area contributed by atoms with Crippen LogP contribution in [0.2, 0.25) is 15.1 Å². The number of hydrogen-bond donors (Lipinski definition) is 3. The Morgan fingerprint density at radius 1 is 0.955 bits per heavy atom. The first kappa shape index (κ1) is 16.4. The molecule has 22 heavy (non-hydrogen) atoms. The molecule has 3 amide bonds. The van der Waals surface area contributed by atoms with E-state index in [4.69, 9.17) is 34.8 Å². The van der Waals surface area contributed by atoms with Crippen LogP contribution in [0.3, 0.4) is 0 Å². The van der Waals surface area contributed by atoms with Gasteiger partial charge in [0.15, 0.2) is 0 Å². The van der Waals surface area contributed by atoms with Crippen molar-refractivity contribution in [2.45, 2.75) is 0 Å². The molecule has 2 rings (SSSR count). The third-order valence-corrected chi connectivity index (χ3v) is 3.29. The Bertz CT molecular complexity index is 687. The summed E-state index contributed by atoms with van der Waals surface area (Å²) >= 11 is 17.6. The molecule has 0 aliphatic heterocycles. The Hall–Kier alpha value is -2.02. The summed E-state index contributed by atoms with van der Waals surface area (Å²) in [4.78, 5) is 27.3. The summed E-state index contributed by atoms with van der Waals surface area (Å²) in [6.07, 6.45) is 2.92. The minimum atomic E-state index is -0.714. The molecule has 2 aromatic rings. The van der Waals surface area contributed by atoms with Crippen LogP contribution in [-0.2, 0) is 0 Å². The Morgan fingerprint density at radius 3 is 2.14 bits per heavy atom. The van der Waals surface area contributed by atoms with Gasteiger partial charge in [-0.2, -0.15) is 0 Å². The van der Waals surface area contributed by atoms with Gasteiger partial charge >= 0.3 is 6.03 Å². The number of urea groups is 1. The number of rotatable bonds is 2. The number of carbonyl (C=O) groups is 2. The minimum absolute atomic E-state index is 0.174. The maximum absolute atomic E-state index is 11.7. The van der Waals surface area contributed by atoms with Crippen LogP contribution < -0.4 is 16.2 Å². The van der Waals surface area contributed by atoms with Crippen molar-refractivity contribution in [1.29, 1.82) is 0 Å². The third-order valence-electron chi connectivity index (χ3n) is 2.48. The second-order valence-electron chi connectivity index (χ2n) is 4.01. The number of nitrogens with zero attached hydrogens (tertiary/aromatic N) is 1. The lowest BCUT2D eigenvalue weighted by Gasteiger charge is -2.11. The molecular weight excluding hydrogens is 351 g/mol. The molecule has 1 aromatic heterocycles. The average Bonchev–Trinajstić information content (AvgIpc) is 2.49. The van der Waals surface area contributed by atoms with E-state index < -0.39 is 11.9 Å². The van der Waals surface area contributed by atoms with Gasteiger partial charge in [-0.15, -0.1) is 0 Å². The molecule has 0 unspecified atom stereocenters. The van der Waals surface area contributed by atoms with E-state index in [2.05, 4.69) is 21.2 Å². The van der Waals surface area contributed by atoms with Crippen LogP contribution in [0.15, 0.2) is 36.7 Å². The van der Waals surface area contributed by atoms with E-state index in [1.54, 1.807) is 0 Å². The van der Waals surface area contributed by atoms with Gasteiger partial charge in [-0.3, -0.25) is 15.2 Å². The Balaban J connectivity index is 1.95. The van der Waals surface area contributed by atoms with E-state index >= 15 is 0 Å². The largest absolute Gasteiger partial charge is 0.338 e. The van der Waals surface area contributed by atoms with E-state index in [0.717, 1.165) is 0 Å². The molecule has 3 N–H and O–H groups in total. The van der Waals surface area contributed by atoms with Gasteiger partial charge in [0.25, 0.3) is 5.91 Å². The van der Waals surface area contributed by atoms with Crippen LogP contribution in [0.5, 0.6) is 0 Å². The summed E-state index contributed by atoms with van der Waals surface area (Å²) < 4.78 is 0. The Morgan fingerprint density at radius 2 is 1.55 bits per heavy atom. The molecule has 9 heteroatoms. The van der Waals surface area contributed by atoms with Crippen LogP contribution in [0.1, 0.15) is 10.4 Å². The van der Waals surface area contributed by atoms with Gasteiger partial charge in [0, 0.05) is 23.0 Å². The highest BCUT2D eigenvalue weighted by molar-refractivity contribution is 6.42. The van der Waals surface area contributed by atoms with Crippen molar-refractivity contribution in [3.63, 3.8) is 0 Å². The first-order valence-corrected chi connectivity index (χ1v) is 7.02. The number of amides is 3. The maximum atomic E-state index is 11.7. The van der Waals surface area contributed by atoms with Gasteiger partial charge in [0.1, 0.15) is 0 Å². The van der Waals surface area contributed by atoms with Gasteiger partial charge in [0.05, 0.1) is 15.7 Å². The zero-order chi connectivity index (χ0) is 16.1. The fraction of sp³-hybridized carbons (Fsp3) is 0. The molecule has 1 heterocycles. The molecular formula is C13H9Cl3N4O2. The molecule has 0 aliphatic carbocycles. The number of halogens is 3. The molecule has 0 spiro atoms. The Labute approximate surface area is 140 Å². The molecule has 0 atom stereocenters. The van der Waals surface area contributed by atoms with Crippen LogP contribution in [0.4, 0.5) is 10.5 Å². The summed E-state index contributed by atoms with van der Waals surface area (Å²) in [6, 6.07) is 5.15. The molecule has 0 saturated carbocycles. The van der Waals surface area contributed by atoms with Crippen molar-refractivity contribution in [1.82, 2.24) is 15.8 Å². The second kappa shape index (κ2) is 7.31. The molecule has 114 valence electrons. The van der Waals surface area contributed by atoms with Crippen LogP contribution >= 0.6 is 34.8 Å². The minimum Gasteiger partial charge on any atom is -0.304 e. The van der Waals surface area contributed by atoms with Crippen molar-refractivity contribution < 1.29 is 9.59 Å². The highest BCUT2D eigenvalue weighted by Gasteiger charge is 2.12. The highest BCUT2D eigenvalue weighted by atomic mass is 35.5. The number of nitrogens with one attached hydrogen (secondary N) is 3.